The first-order chi connectivity index (χ1) is 69.8. The van der Waals surface area contributed by atoms with Crippen LogP contribution in [0, 0.1) is 46.8 Å². The first kappa shape index (κ1) is 125. The molecule has 0 spiro atoms. The van der Waals surface area contributed by atoms with Gasteiger partial charge in [-0.15, -0.1) is 0 Å². The van der Waals surface area contributed by atoms with Crippen molar-refractivity contribution in [3.8, 4) is 5.75 Å². The Morgan fingerprint density at radius 3 is 1.01 bits per heavy atom. The van der Waals surface area contributed by atoms with Gasteiger partial charge in [0.25, 0.3) is 0 Å². The van der Waals surface area contributed by atoms with Gasteiger partial charge in [0.15, 0.2) is 12.1 Å². The Morgan fingerprint density at radius 2 is 0.678 bits per heavy atom. The molecule has 0 amide bonds. The maximum atomic E-state index is 12.8. The summed E-state index contributed by atoms with van der Waals surface area (Å²) in [5, 5.41) is 15.5. The van der Waals surface area contributed by atoms with Gasteiger partial charge in [0.05, 0.1) is 43.6 Å². The van der Waals surface area contributed by atoms with E-state index in [1.807, 2.05) is 30.3 Å². The largest absolute Gasteiger partial charge is 0.496 e. The highest BCUT2D eigenvalue weighted by molar-refractivity contribution is 7.80. The minimum absolute atomic E-state index is 0.0186. The number of halogens is 9. The summed E-state index contributed by atoms with van der Waals surface area (Å²) in [5.41, 5.74) is 11.0. The van der Waals surface area contributed by atoms with E-state index in [9.17, 15) is 49.4 Å². The number of aliphatic hydroxyl groups excluding tert-OH is 1. The number of hydrogen-bond acceptors (Lipinski definition) is 5. The van der Waals surface area contributed by atoms with Gasteiger partial charge in [0.2, 0.25) is 0 Å². The molecule has 5 nitrogen and oxygen atoms in total. The smallest absolute Gasteiger partial charge is 0.416 e. The van der Waals surface area contributed by atoms with Gasteiger partial charge in [-0.25, -0.2) is 0 Å². The maximum Gasteiger partial charge on any atom is 0.416 e. The summed E-state index contributed by atoms with van der Waals surface area (Å²) >= 11 is 0. The van der Waals surface area contributed by atoms with Gasteiger partial charge in [-0.3, -0.25) is 4.79 Å². The summed E-state index contributed by atoms with van der Waals surface area (Å²) in [6.45, 7) is 52.5. The van der Waals surface area contributed by atoms with Crippen molar-refractivity contribution in [2.45, 2.75) is 441 Å². The third-order valence-electron chi connectivity index (χ3n) is 30.1. The molecule has 9 aromatic carbocycles. The SMILES string of the molecule is C1CCC(CC2CCCC2)C1.C1CCC(CC2CCCCC2)CC1.CC(C)(C)CC(C)(C)C.CC(C)(C)Cc1ccccc1.CC1(c2ccccc2P(C2CCCCC2)C2CCCCC2)OCCO1.COc1c(C(C)(C)C)cc(Cc2cc(C(C)(C)C)c(CO)c(C(C)(C)C)c2)cc1C(C)(C)C.Cc1cc(Cc2cc(C(F)(F)F)cc(C(F)(F)F)c2)cc(C(F)(F)F)c1.O=Cc1ccccc1P(c1ccccc1)c1ccccc1. The molecule has 6 saturated carbocycles. The second-order valence-corrected chi connectivity index (χ2v) is 56.6. The monoisotopic (exact) mass is 2100 g/mol. The van der Waals surface area contributed by atoms with Crippen molar-refractivity contribution in [1.82, 2.24) is 0 Å². The molecule has 7 aliphatic rings. The van der Waals surface area contributed by atoms with Gasteiger partial charge >= 0.3 is 18.5 Å². The molecule has 0 bridgehead atoms. The number of carbonyl (C=O) groups excluding carboxylic acids is 1. The molecule has 1 aliphatic heterocycles. The van der Waals surface area contributed by atoms with Crippen molar-refractivity contribution in [2.75, 3.05) is 20.3 Å². The van der Waals surface area contributed by atoms with E-state index in [0.717, 1.165) is 95.6 Å². The molecule has 0 aromatic heterocycles. The van der Waals surface area contributed by atoms with Crippen LogP contribution in [-0.2, 0) is 81.3 Å². The zero-order valence-corrected chi connectivity index (χ0v) is 97.4. The summed E-state index contributed by atoms with van der Waals surface area (Å²) < 4.78 is 134. The Bertz CT molecular complexity index is 5150. The molecule has 0 unspecified atom stereocenters. The number of aliphatic hydroxyl groups is 1. The Morgan fingerprint density at radius 1 is 0.362 bits per heavy atom. The third kappa shape index (κ3) is 41.6. The van der Waals surface area contributed by atoms with Crippen molar-refractivity contribution in [3.05, 3.63) is 289 Å². The van der Waals surface area contributed by atoms with E-state index in [0.29, 0.717) is 34.4 Å². The van der Waals surface area contributed by atoms with Crippen LogP contribution in [0.5, 0.6) is 5.75 Å². The summed E-state index contributed by atoms with van der Waals surface area (Å²) in [4.78, 5) is 11.4. The Kier molecular flexibility index (Phi) is 47.7. The van der Waals surface area contributed by atoms with Crippen LogP contribution in [0.1, 0.15) is 445 Å². The highest BCUT2D eigenvalue weighted by Crippen LogP contribution is 2.57. The lowest BCUT2D eigenvalue weighted by Crippen LogP contribution is -2.34. The van der Waals surface area contributed by atoms with Crippen molar-refractivity contribution in [2.24, 2.45) is 39.9 Å². The fourth-order valence-electron chi connectivity index (χ4n) is 23.8. The number of hydrogen-bond donors (Lipinski definition) is 1. The quantitative estimate of drug-likeness (QED) is 0.0496. The van der Waals surface area contributed by atoms with Gasteiger partial charge in [-0.1, -0.05) is 483 Å². The van der Waals surface area contributed by atoms with Crippen LogP contribution in [0.3, 0.4) is 0 Å². The van der Waals surface area contributed by atoms with E-state index >= 15 is 0 Å². The normalized spacial score (nSPS) is 17.2. The lowest BCUT2D eigenvalue weighted by molar-refractivity contribution is -0.149. The fourth-order valence-corrected chi connectivity index (χ4v) is 30.3. The summed E-state index contributed by atoms with van der Waals surface area (Å²) in [6.07, 6.45) is 34.2. The van der Waals surface area contributed by atoms with Crippen LogP contribution < -0.4 is 26.0 Å². The zero-order chi connectivity index (χ0) is 110. The Hall–Kier alpha value is -7.44. The third-order valence-corrected chi connectivity index (χ3v) is 36.2. The molecule has 16 heteroatoms. The second kappa shape index (κ2) is 56.8. The number of aldehydes is 1. The van der Waals surface area contributed by atoms with Crippen LogP contribution in [-0.4, -0.2) is 43.0 Å². The minimum Gasteiger partial charge on any atom is -0.496 e. The average Bonchev–Trinajstić information content (AvgIpc) is 1.74. The van der Waals surface area contributed by atoms with Crippen molar-refractivity contribution >= 4 is 43.3 Å². The highest BCUT2D eigenvalue weighted by Gasteiger charge is 2.43. The van der Waals surface area contributed by atoms with Gasteiger partial charge < -0.3 is 19.3 Å². The molecular formula is C133H187F9O5P2. The second-order valence-electron chi connectivity index (χ2n) is 51.7. The number of benzene rings is 9. The molecule has 7 fully saturated rings. The van der Waals surface area contributed by atoms with E-state index in [2.05, 4.69) is 286 Å². The number of rotatable bonds is 19. The van der Waals surface area contributed by atoms with Crippen LogP contribution in [0.15, 0.2) is 200 Å². The van der Waals surface area contributed by atoms with Crippen molar-refractivity contribution < 1.29 is 63.6 Å². The molecule has 149 heavy (non-hydrogen) atoms. The summed E-state index contributed by atoms with van der Waals surface area (Å²) in [7, 11) is 0.965. The molecule has 1 heterocycles. The molecule has 0 radical (unpaired) electrons. The molecule has 16 rings (SSSR count). The molecule has 9 aromatic rings. The molecule has 0 atom stereocenters. The average molecular weight is 2100 g/mol. The predicted molar refractivity (Wildman–Crippen MR) is 614 cm³/mol. The van der Waals surface area contributed by atoms with E-state index in [-0.39, 0.29) is 58.9 Å². The van der Waals surface area contributed by atoms with Crippen LogP contribution >= 0.6 is 15.8 Å². The molecule has 6 aliphatic carbocycles. The lowest BCUT2D eigenvalue weighted by atomic mass is 9.74. The molecular weight excluding hydrogens is 1910 g/mol. The van der Waals surface area contributed by atoms with Gasteiger partial charge in [-0.05, 0) is 255 Å². The van der Waals surface area contributed by atoms with Crippen LogP contribution in [0.4, 0.5) is 39.5 Å². The van der Waals surface area contributed by atoms with Gasteiger partial charge in [0.1, 0.15) is 5.75 Å². The lowest BCUT2D eigenvalue weighted by Gasteiger charge is -2.41. The van der Waals surface area contributed by atoms with Gasteiger partial charge in [-0.2, -0.15) is 39.5 Å². The maximum absolute atomic E-state index is 12.8. The van der Waals surface area contributed by atoms with Crippen molar-refractivity contribution in [1.29, 1.82) is 0 Å². The molecule has 1 saturated heterocycles. The number of methoxy groups -OCH3 is 1. The topological polar surface area (TPSA) is 65.0 Å². The number of ether oxygens (including phenoxy) is 3. The zero-order valence-electron chi connectivity index (χ0n) is 95.6. The van der Waals surface area contributed by atoms with E-state index in [4.69, 9.17) is 14.2 Å². The predicted octanol–water partition coefficient (Wildman–Crippen LogP) is 38.6. The Balaban J connectivity index is 0.000000195. The Labute approximate surface area is 898 Å². The molecule has 1 N–H and O–H groups in total. The summed E-state index contributed by atoms with van der Waals surface area (Å²) in [5.74, 6) is 5.01. The fraction of sp³-hybridized carbons (Fsp3) is 0.586. The summed E-state index contributed by atoms with van der Waals surface area (Å²) in [6, 6.07) is 61.6. The van der Waals surface area contributed by atoms with Crippen LogP contribution in [0.2, 0.25) is 0 Å². The van der Waals surface area contributed by atoms with Gasteiger partial charge in [0, 0.05) is 22.3 Å². The standard InChI is InChI=1S/C31H48O2.C22H33O2P.C19H15OP.C17H11F9.C13H24.C11H20.C11H16.C9H20/c1-28(2,3)23-15-20(16-24(22(23)19-32)29(4,5)6)14-21-17-25(30(7,8)9)27(33-13)26(18-21)31(10,11)12;1-22(23-16-17-24-22)20-14-8-9-15-21(20)25(18-10-4-2-5-11-18)19-12-6-3-7-13-19;20-15-16-9-7-8-14-19(16)21(17-10-3-1-4-11-17)18-12-5-2-6-13-18;1-9-2-10(5-12(3-9)15(18,19)20)4-11-6-13(16(21,22)23)8-14(7-11)17(24,25)26;1-3-7-12(8-4-1)11-13-9-5-2-6-10-13;1-2-6-10(5-1)9-11-7-3-4-8-11;1-11(2,3)9-10-7-5-4-6-8-10;1-8(2,3)7-9(4,5)6/h15-18,32H,14,19H2,1-13H3;8-9,14-15,18-19H,2-7,10-13,16-17H2,1H3;1-15H;2-3,5-8H,4H2,1H3;12-13H,1-11H2;10-11H,1-9H2;4-8H,9H2,1-3H3;7H2,1-6H3. The first-order valence-corrected chi connectivity index (χ1v) is 59.2. The molecule has 822 valence electrons. The number of alkyl halides is 9. The van der Waals surface area contributed by atoms with Crippen molar-refractivity contribution in [3.63, 3.8) is 0 Å². The van der Waals surface area contributed by atoms with E-state index < -0.39 is 55.3 Å². The minimum atomic E-state index is -5.01. The van der Waals surface area contributed by atoms with E-state index in [1.54, 1.807) is 76.6 Å². The number of aryl methyl sites for hydroxylation is 1. The number of carbonyl (C=O) groups is 1. The van der Waals surface area contributed by atoms with E-state index in [1.165, 1.54) is 203 Å². The first-order valence-electron chi connectivity index (χ1n) is 56.4. The highest BCUT2D eigenvalue weighted by atomic mass is 31.1. The van der Waals surface area contributed by atoms with Crippen LogP contribution in [0.25, 0.3) is 0 Å².